The third-order valence-electron chi connectivity index (χ3n) is 2.47. The molecule has 0 atom stereocenters. The second-order valence-corrected chi connectivity index (χ2v) is 3.75. The summed E-state index contributed by atoms with van der Waals surface area (Å²) in [6.07, 6.45) is 5.01. The summed E-state index contributed by atoms with van der Waals surface area (Å²) in [5.74, 6) is 0. The second-order valence-electron chi connectivity index (χ2n) is 3.75. The average molecular weight is 181 g/mol. The van der Waals surface area contributed by atoms with Crippen LogP contribution >= 0.6 is 0 Å². The molecule has 0 fully saturated rings. The van der Waals surface area contributed by atoms with Gasteiger partial charge in [-0.15, -0.1) is 0 Å². The van der Waals surface area contributed by atoms with Crippen LogP contribution in [0, 0.1) is 0 Å². The largest absolute Gasteiger partial charge is 0.293 e. The molecule has 0 N–H and O–H groups in total. The fourth-order valence-electron chi connectivity index (χ4n) is 1.30. The Morgan fingerprint density at radius 2 is 1.69 bits per heavy atom. The van der Waals surface area contributed by atoms with Crippen molar-refractivity contribution in [2.24, 2.45) is 4.99 Å². The van der Waals surface area contributed by atoms with Crippen molar-refractivity contribution in [3.63, 3.8) is 0 Å². The summed E-state index contributed by atoms with van der Waals surface area (Å²) in [6, 6.07) is 0. The Morgan fingerprint density at radius 1 is 1.08 bits per heavy atom. The van der Waals surface area contributed by atoms with Gasteiger partial charge in [-0.25, -0.2) is 0 Å². The van der Waals surface area contributed by atoms with E-state index in [1.807, 2.05) is 7.05 Å². The highest BCUT2D eigenvalue weighted by molar-refractivity contribution is 6.00. The van der Waals surface area contributed by atoms with Gasteiger partial charge in [-0.1, -0.05) is 25.3 Å². The highest BCUT2D eigenvalue weighted by Gasteiger charge is 2.01. The van der Waals surface area contributed by atoms with Crippen LogP contribution in [0.2, 0.25) is 0 Å². The molecule has 0 aromatic carbocycles. The maximum absolute atomic E-state index is 4.34. The minimum absolute atomic E-state index is 1.14. The quantitative estimate of drug-likeness (QED) is 0.449. The summed E-state index contributed by atoms with van der Waals surface area (Å²) in [4.78, 5) is 4.34. The molecule has 76 valence electrons. The molecule has 0 aromatic rings. The third kappa shape index (κ3) is 4.87. The summed E-state index contributed by atoms with van der Waals surface area (Å²) in [7, 11) is 1.90. The molecule has 0 rings (SSSR count). The lowest BCUT2D eigenvalue weighted by Gasteiger charge is -2.07. The second kappa shape index (κ2) is 6.88. The van der Waals surface area contributed by atoms with Gasteiger partial charge in [0.05, 0.1) is 0 Å². The van der Waals surface area contributed by atoms with Gasteiger partial charge in [-0.05, 0) is 39.2 Å². The first-order valence-corrected chi connectivity index (χ1v) is 5.23. The number of unbranched alkanes of at least 4 members (excludes halogenated alkanes) is 2. The summed E-state index contributed by atoms with van der Waals surface area (Å²) < 4.78 is 0. The molecule has 1 nitrogen and oxygen atoms in total. The van der Waals surface area contributed by atoms with Gasteiger partial charge < -0.3 is 0 Å². The first-order valence-electron chi connectivity index (χ1n) is 5.23. The van der Waals surface area contributed by atoms with Crippen molar-refractivity contribution >= 4 is 5.71 Å². The number of nitrogens with zero attached hydrogens (tertiary/aromatic N) is 1. The Morgan fingerprint density at radius 3 is 2.08 bits per heavy atom. The van der Waals surface area contributed by atoms with Crippen molar-refractivity contribution in [2.45, 2.75) is 53.4 Å². The fraction of sp³-hybridized carbons (Fsp3) is 0.750. The molecule has 0 aliphatic carbocycles. The first kappa shape index (κ1) is 12.4. The first-order chi connectivity index (χ1) is 6.13. The molecule has 0 unspecified atom stereocenters. The van der Waals surface area contributed by atoms with E-state index in [0.717, 1.165) is 6.42 Å². The van der Waals surface area contributed by atoms with Crippen LogP contribution in [0.3, 0.4) is 0 Å². The summed E-state index contributed by atoms with van der Waals surface area (Å²) in [5.41, 5.74) is 4.05. The molecule has 0 heterocycles. The molecule has 0 bridgehead atoms. The van der Waals surface area contributed by atoms with Crippen LogP contribution in [0.1, 0.15) is 53.4 Å². The maximum atomic E-state index is 4.34. The van der Waals surface area contributed by atoms with E-state index in [2.05, 4.69) is 32.7 Å². The van der Waals surface area contributed by atoms with Gasteiger partial charge in [-0.3, -0.25) is 4.99 Å². The predicted octanol–water partition coefficient (Wildman–Crippen LogP) is 3.99. The lowest BCUT2D eigenvalue weighted by atomic mass is 10.0. The van der Waals surface area contributed by atoms with Gasteiger partial charge in [0.25, 0.3) is 0 Å². The van der Waals surface area contributed by atoms with Crippen LogP contribution in [0.5, 0.6) is 0 Å². The zero-order chi connectivity index (χ0) is 10.3. The Labute approximate surface area is 83.0 Å². The van der Waals surface area contributed by atoms with Crippen molar-refractivity contribution in [2.75, 3.05) is 7.05 Å². The van der Waals surface area contributed by atoms with E-state index in [4.69, 9.17) is 0 Å². The molecular formula is C12H23N. The van der Waals surface area contributed by atoms with Crippen molar-refractivity contribution < 1.29 is 0 Å². The molecule has 0 saturated heterocycles. The van der Waals surface area contributed by atoms with Crippen molar-refractivity contribution in [1.82, 2.24) is 0 Å². The van der Waals surface area contributed by atoms with Crippen LogP contribution in [0.4, 0.5) is 0 Å². The van der Waals surface area contributed by atoms with Gasteiger partial charge in [0.2, 0.25) is 0 Å². The molecular weight excluding hydrogens is 158 g/mol. The maximum Gasteiger partial charge on any atom is 0.0373 e. The molecule has 0 aliphatic rings. The number of hydrogen-bond donors (Lipinski definition) is 0. The predicted molar refractivity (Wildman–Crippen MR) is 61.5 cm³/mol. The van der Waals surface area contributed by atoms with E-state index in [1.54, 1.807) is 0 Å². The Bertz CT molecular complexity index is 195. The SMILES string of the molecule is CCCCCC(=NC)C(C)=C(C)C. The lowest BCUT2D eigenvalue weighted by molar-refractivity contribution is 0.741. The molecule has 0 spiro atoms. The zero-order valence-corrected chi connectivity index (χ0v) is 9.78. The topological polar surface area (TPSA) is 12.4 Å². The number of hydrogen-bond acceptors (Lipinski definition) is 1. The average Bonchev–Trinajstić information content (AvgIpc) is 2.11. The van der Waals surface area contributed by atoms with E-state index in [-0.39, 0.29) is 0 Å². The van der Waals surface area contributed by atoms with E-state index in [1.165, 1.54) is 36.1 Å². The Balaban J connectivity index is 4.14. The van der Waals surface area contributed by atoms with Gasteiger partial charge >= 0.3 is 0 Å². The van der Waals surface area contributed by atoms with Crippen molar-refractivity contribution in [3.05, 3.63) is 11.1 Å². The highest BCUT2D eigenvalue weighted by atomic mass is 14.7. The van der Waals surface area contributed by atoms with Gasteiger partial charge in [0, 0.05) is 12.8 Å². The van der Waals surface area contributed by atoms with Crippen LogP contribution in [-0.4, -0.2) is 12.8 Å². The Kier molecular flexibility index (Phi) is 6.56. The molecule has 0 aromatic heterocycles. The molecule has 0 radical (unpaired) electrons. The smallest absolute Gasteiger partial charge is 0.0373 e. The summed E-state index contributed by atoms with van der Waals surface area (Å²) in [5, 5.41) is 0. The molecule has 1 heteroatoms. The summed E-state index contributed by atoms with van der Waals surface area (Å²) in [6.45, 7) is 8.71. The normalized spacial score (nSPS) is 11.6. The molecule has 13 heavy (non-hydrogen) atoms. The number of rotatable bonds is 5. The third-order valence-corrected chi connectivity index (χ3v) is 2.47. The van der Waals surface area contributed by atoms with Crippen LogP contribution in [0.25, 0.3) is 0 Å². The van der Waals surface area contributed by atoms with E-state index in [0.29, 0.717) is 0 Å². The minimum atomic E-state index is 1.14. The van der Waals surface area contributed by atoms with E-state index < -0.39 is 0 Å². The lowest BCUT2D eigenvalue weighted by Crippen LogP contribution is -2.01. The van der Waals surface area contributed by atoms with Crippen LogP contribution < -0.4 is 0 Å². The summed E-state index contributed by atoms with van der Waals surface area (Å²) >= 11 is 0. The van der Waals surface area contributed by atoms with Gasteiger partial charge in [0.1, 0.15) is 0 Å². The van der Waals surface area contributed by atoms with Gasteiger partial charge in [-0.2, -0.15) is 0 Å². The van der Waals surface area contributed by atoms with E-state index >= 15 is 0 Å². The monoisotopic (exact) mass is 181 g/mol. The van der Waals surface area contributed by atoms with Crippen molar-refractivity contribution in [1.29, 1.82) is 0 Å². The van der Waals surface area contributed by atoms with E-state index in [9.17, 15) is 0 Å². The highest BCUT2D eigenvalue weighted by Crippen LogP contribution is 2.11. The van der Waals surface area contributed by atoms with Crippen molar-refractivity contribution in [3.8, 4) is 0 Å². The standard InChI is InChI=1S/C12H23N/c1-6-7-8-9-12(13-5)11(4)10(2)3/h6-9H2,1-5H3. The molecule has 0 saturated carbocycles. The zero-order valence-electron chi connectivity index (χ0n) is 9.78. The minimum Gasteiger partial charge on any atom is -0.293 e. The van der Waals surface area contributed by atoms with Crippen LogP contribution in [0.15, 0.2) is 16.1 Å². The van der Waals surface area contributed by atoms with Crippen LogP contribution in [-0.2, 0) is 0 Å². The molecule has 0 aliphatic heterocycles. The number of allylic oxidation sites excluding steroid dienone is 2. The fourth-order valence-corrected chi connectivity index (χ4v) is 1.30. The Hall–Kier alpha value is -0.590. The van der Waals surface area contributed by atoms with Gasteiger partial charge in [0.15, 0.2) is 0 Å². The molecule has 0 amide bonds. The number of aliphatic imine (C=N–C) groups is 1.